The smallest absolute Gasteiger partial charge is 0.303 e. The second-order valence-electron chi connectivity index (χ2n) is 6.92. The number of aliphatic hydroxyl groups is 1. The molecule has 3 aliphatic rings. The number of hydrogen-bond donors (Lipinski definition) is 2. The van der Waals surface area contributed by atoms with E-state index in [9.17, 15) is 9.90 Å². The van der Waals surface area contributed by atoms with Crippen molar-refractivity contribution in [3.8, 4) is 0 Å². The van der Waals surface area contributed by atoms with E-state index in [0.717, 1.165) is 45.1 Å². The fraction of sp³-hybridized carbons (Fsp3) is 0.933. The Bertz CT molecular complexity index is 337. The molecular formula is C15H25NO3. The van der Waals surface area contributed by atoms with Crippen LogP contribution in [0.4, 0.5) is 0 Å². The van der Waals surface area contributed by atoms with E-state index in [0.29, 0.717) is 24.4 Å². The van der Waals surface area contributed by atoms with E-state index >= 15 is 0 Å². The van der Waals surface area contributed by atoms with Gasteiger partial charge in [0.05, 0.1) is 5.60 Å². The number of hydrogen-bond acceptors (Lipinski definition) is 3. The lowest BCUT2D eigenvalue weighted by Gasteiger charge is -2.42. The van der Waals surface area contributed by atoms with Crippen LogP contribution in [0, 0.1) is 5.92 Å². The Kier molecular flexibility index (Phi) is 3.56. The molecule has 2 atom stereocenters. The second kappa shape index (κ2) is 5.06. The first-order valence-corrected chi connectivity index (χ1v) is 7.76. The van der Waals surface area contributed by atoms with E-state index in [1.807, 2.05) is 0 Å². The Morgan fingerprint density at radius 2 is 1.74 bits per heavy atom. The number of carboxylic acid groups (broad SMARTS) is 1. The van der Waals surface area contributed by atoms with Crippen molar-refractivity contribution in [1.29, 1.82) is 0 Å². The minimum Gasteiger partial charge on any atom is -0.481 e. The summed E-state index contributed by atoms with van der Waals surface area (Å²) in [7, 11) is 0. The molecule has 2 unspecified atom stereocenters. The molecule has 0 radical (unpaired) electrons. The second-order valence-corrected chi connectivity index (χ2v) is 6.92. The molecule has 0 aromatic rings. The normalized spacial score (nSPS) is 37.6. The molecule has 4 heteroatoms. The van der Waals surface area contributed by atoms with Gasteiger partial charge in [-0.05, 0) is 44.4 Å². The molecule has 2 saturated heterocycles. The number of carboxylic acids is 1. The summed E-state index contributed by atoms with van der Waals surface area (Å²) in [5.41, 5.74) is -0.458. The molecule has 3 rings (SSSR count). The topological polar surface area (TPSA) is 60.8 Å². The zero-order chi connectivity index (χ0) is 13.5. The third-order valence-electron chi connectivity index (χ3n) is 5.46. The molecule has 3 fully saturated rings. The third-order valence-corrected chi connectivity index (χ3v) is 5.46. The molecule has 2 bridgehead atoms. The zero-order valence-electron chi connectivity index (χ0n) is 11.6. The first-order chi connectivity index (χ1) is 9.06. The van der Waals surface area contributed by atoms with Gasteiger partial charge in [-0.2, -0.15) is 0 Å². The average molecular weight is 267 g/mol. The van der Waals surface area contributed by atoms with Gasteiger partial charge in [-0.25, -0.2) is 0 Å². The Morgan fingerprint density at radius 1 is 1.16 bits per heavy atom. The van der Waals surface area contributed by atoms with Gasteiger partial charge in [-0.1, -0.05) is 12.8 Å². The van der Waals surface area contributed by atoms with Crippen LogP contribution in [-0.2, 0) is 4.79 Å². The van der Waals surface area contributed by atoms with Crippen LogP contribution in [0.15, 0.2) is 0 Å². The molecular weight excluding hydrogens is 242 g/mol. The molecule has 0 amide bonds. The summed E-state index contributed by atoms with van der Waals surface area (Å²) in [6.45, 7) is 0.822. The quantitative estimate of drug-likeness (QED) is 0.818. The van der Waals surface area contributed by atoms with Gasteiger partial charge in [-0.15, -0.1) is 0 Å². The van der Waals surface area contributed by atoms with Crippen LogP contribution >= 0.6 is 0 Å². The highest BCUT2D eigenvalue weighted by Crippen LogP contribution is 2.42. The lowest BCUT2D eigenvalue weighted by molar-refractivity contribution is -0.138. The molecule has 2 N–H and O–H groups in total. The molecule has 4 nitrogen and oxygen atoms in total. The van der Waals surface area contributed by atoms with Gasteiger partial charge >= 0.3 is 5.97 Å². The van der Waals surface area contributed by atoms with Crippen molar-refractivity contribution in [1.82, 2.24) is 4.90 Å². The van der Waals surface area contributed by atoms with Crippen LogP contribution in [0.3, 0.4) is 0 Å². The van der Waals surface area contributed by atoms with Gasteiger partial charge in [0.15, 0.2) is 0 Å². The standard InChI is InChI=1S/C15H25NO3/c17-14(18)9-11-7-12-3-4-13(8-11)16(12)10-15(19)5-1-2-6-15/h11-13,19H,1-10H2,(H,17,18). The van der Waals surface area contributed by atoms with Crippen molar-refractivity contribution in [3.05, 3.63) is 0 Å². The van der Waals surface area contributed by atoms with Crippen molar-refractivity contribution in [2.75, 3.05) is 6.54 Å². The maximum atomic E-state index is 10.9. The SMILES string of the molecule is O=C(O)CC1CC2CCC(C1)N2CC1(O)CCCC1. The summed E-state index contributed by atoms with van der Waals surface area (Å²) in [5, 5.41) is 19.5. The summed E-state index contributed by atoms with van der Waals surface area (Å²) in [6.07, 6.45) is 8.93. The van der Waals surface area contributed by atoms with E-state index in [-0.39, 0.29) is 0 Å². The van der Waals surface area contributed by atoms with Crippen molar-refractivity contribution in [2.24, 2.45) is 5.92 Å². The molecule has 0 aromatic carbocycles. The number of rotatable bonds is 4. The summed E-state index contributed by atoms with van der Waals surface area (Å²) < 4.78 is 0. The maximum Gasteiger partial charge on any atom is 0.303 e. The largest absolute Gasteiger partial charge is 0.481 e. The fourth-order valence-corrected chi connectivity index (χ4v) is 4.59. The van der Waals surface area contributed by atoms with Crippen molar-refractivity contribution in [2.45, 2.75) is 75.5 Å². The lowest BCUT2D eigenvalue weighted by atomic mass is 9.87. The summed E-state index contributed by atoms with van der Waals surface area (Å²) >= 11 is 0. The molecule has 0 spiro atoms. The predicted octanol–water partition coefficient (Wildman–Crippen LogP) is 2.01. The van der Waals surface area contributed by atoms with Crippen LogP contribution in [0.2, 0.25) is 0 Å². The highest BCUT2D eigenvalue weighted by atomic mass is 16.4. The van der Waals surface area contributed by atoms with Crippen molar-refractivity contribution < 1.29 is 15.0 Å². The maximum absolute atomic E-state index is 10.9. The fourth-order valence-electron chi connectivity index (χ4n) is 4.59. The van der Waals surface area contributed by atoms with Crippen molar-refractivity contribution >= 4 is 5.97 Å². The van der Waals surface area contributed by atoms with E-state index in [1.54, 1.807) is 0 Å². The zero-order valence-corrected chi connectivity index (χ0v) is 11.6. The third kappa shape index (κ3) is 2.79. The monoisotopic (exact) mass is 267 g/mol. The number of nitrogens with zero attached hydrogens (tertiary/aromatic N) is 1. The first-order valence-electron chi connectivity index (χ1n) is 7.76. The number of fused-ring (bicyclic) bond motifs is 2. The molecule has 19 heavy (non-hydrogen) atoms. The van der Waals surface area contributed by atoms with Gasteiger partial charge in [0.1, 0.15) is 0 Å². The number of piperidine rings is 1. The Labute approximate surface area is 114 Å². The predicted molar refractivity (Wildman–Crippen MR) is 71.9 cm³/mol. The highest BCUT2D eigenvalue weighted by molar-refractivity contribution is 5.67. The minimum atomic E-state index is -0.660. The van der Waals surface area contributed by atoms with E-state index in [1.165, 1.54) is 12.8 Å². The number of carbonyl (C=O) groups is 1. The van der Waals surface area contributed by atoms with Crippen LogP contribution in [-0.4, -0.2) is 45.3 Å². The Hall–Kier alpha value is -0.610. The molecule has 2 aliphatic heterocycles. The summed E-state index contributed by atoms with van der Waals surface area (Å²) in [5.74, 6) is -0.309. The Morgan fingerprint density at radius 3 is 2.26 bits per heavy atom. The van der Waals surface area contributed by atoms with E-state index in [2.05, 4.69) is 4.90 Å². The molecule has 108 valence electrons. The first kappa shape index (κ1) is 13.4. The minimum absolute atomic E-state index is 0.325. The van der Waals surface area contributed by atoms with Crippen molar-refractivity contribution in [3.63, 3.8) is 0 Å². The van der Waals surface area contributed by atoms with Gasteiger partial charge < -0.3 is 10.2 Å². The number of aliphatic carboxylic acids is 1. The van der Waals surface area contributed by atoms with Gasteiger partial charge in [-0.3, -0.25) is 9.69 Å². The van der Waals surface area contributed by atoms with E-state index in [4.69, 9.17) is 5.11 Å². The molecule has 0 aromatic heterocycles. The molecule has 1 saturated carbocycles. The molecule has 2 heterocycles. The van der Waals surface area contributed by atoms with Gasteiger partial charge in [0.25, 0.3) is 0 Å². The molecule has 1 aliphatic carbocycles. The summed E-state index contributed by atoms with van der Waals surface area (Å²) in [4.78, 5) is 13.4. The average Bonchev–Trinajstić information content (AvgIpc) is 2.83. The Balaban J connectivity index is 1.61. The van der Waals surface area contributed by atoms with E-state index < -0.39 is 11.6 Å². The highest BCUT2D eigenvalue weighted by Gasteiger charge is 2.44. The van der Waals surface area contributed by atoms with Gasteiger partial charge in [0, 0.05) is 25.0 Å². The lowest BCUT2D eigenvalue weighted by Crippen LogP contribution is -2.50. The van der Waals surface area contributed by atoms with Crippen LogP contribution in [0.5, 0.6) is 0 Å². The van der Waals surface area contributed by atoms with Gasteiger partial charge in [0.2, 0.25) is 0 Å². The van der Waals surface area contributed by atoms with Crippen LogP contribution in [0.1, 0.15) is 57.8 Å². The van der Waals surface area contributed by atoms with Crippen LogP contribution < -0.4 is 0 Å². The van der Waals surface area contributed by atoms with Crippen LogP contribution in [0.25, 0.3) is 0 Å². The summed E-state index contributed by atoms with van der Waals surface area (Å²) in [6, 6.07) is 1.04.